The number of ether oxygens (including phenoxy) is 2. The van der Waals surface area contributed by atoms with Crippen molar-refractivity contribution in [3.05, 3.63) is 17.2 Å². The molecule has 0 aromatic heterocycles. The molecule has 1 N–H and O–H groups in total. The van der Waals surface area contributed by atoms with E-state index < -0.39 is 0 Å². The minimum absolute atomic E-state index is 0.0385. The van der Waals surface area contributed by atoms with Crippen LogP contribution in [0.3, 0.4) is 0 Å². The maximum Gasteiger partial charge on any atom is 0.227 e. The summed E-state index contributed by atoms with van der Waals surface area (Å²) in [7, 11) is 3.02. The standard InChI is InChI=1S/C16H21ClN2O4/c1-9(2)18-16(21)10-5-15(20)19(8-10)12-6-11(17)13(22-3)7-14(12)23-4/h6-7,9-10H,5,8H2,1-4H3,(H,18,21)/t10-/m1/s1. The number of benzene rings is 1. The molecule has 7 heteroatoms. The van der Waals surface area contributed by atoms with E-state index in [9.17, 15) is 9.59 Å². The molecule has 1 heterocycles. The molecule has 1 aliphatic rings. The molecule has 0 saturated carbocycles. The lowest BCUT2D eigenvalue weighted by Crippen LogP contribution is -2.37. The quantitative estimate of drug-likeness (QED) is 0.892. The van der Waals surface area contributed by atoms with Crippen LogP contribution in [-0.2, 0) is 9.59 Å². The zero-order valence-corrected chi connectivity index (χ0v) is 14.4. The number of methoxy groups -OCH3 is 2. The van der Waals surface area contributed by atoms with E-state index >= 15 is 0 Å². The summed E-state index contributed by atoms with van der Waals surface area (Å²) in [4.78, 5) is 26.0. The van der Waals surface area contributed by atoms with E-state index in [1.807, 2.05) is 13.8 Å². The molecule has 2 amide bonds. The van der Waals surface area contributed by atoms with Crippen LogP contribution in [0.15, 0.2) is 12.1 Å². The Kier molecular flexibility index (Phi) is 5.36. The van der Waals surface area contributed by atoms with Crippen molar-refractivity contribution in [3.63, 3.8) is 0 Å². The summed E-state index contributed by atoms with van der Waals surface area (Å²) >= 11 is 6.15. The van der Waals surface area contributed by atoms with Gasteiger partial charge in [-0.3, -0.25) is 9.59 Å². The summed E-state index contributed by atoms with van der Waals surface area (Å²) in [5.74, 6) is 0.316. The highest BCUT2D eigenvalue weighted by atomic mass is 35.5. The van der Waals surface area contributed by atoms with Crippen molar-refractivity contribution in [3.8, 4) is 11.5 Å². The van der Waals surface area contributed by atoms with E-state index in [2.05, 4.69) is 5.32 Å². The lowest BCUT2D eigenvalue weighted by atomic mass is 10.1. The van der Waals surface area contributed by atoms with Gasteiger partial charge in [-0.2, -0.15) is 0 Å². The molecule has 1 fully saturated rings. The van der Waals surface area contributed by atoms with Crippen LogP contribution in [-0.4, -0.2) is 38.6 Å². The number of rotatable bonds is 5. The van der Waals surface area contributed by atoms with Crippen molar-refractivity contribution in [2.24, 2.45) is 5.92 Å². The van der Waals surface area contributed by atoms with Gasteiger partial charge in [0, 0.05) is 25.1 Å². The topological polar surface area (TPSA) is 67.9 Å². The van der Waals surface area contributed by atoms with Crippen LogP contribution >= 0.6 is 11.6 Å². The second kappa shape index (κ2) is 7.08. The van der Waals surface area contributed by atoms with Gasteiger partial charge < -0.3 is 19.7 Å². The maximum absolute atomic E-state index is 12.3. The van der Waals surface area contributed by atoms with Gasteiger partial charge in [0.2, 0.25) is 11.8 Å². The number of nitrogens with one attached hydrogen (secondary N) is 1. The molecule has 1 aromatic rings. The Morgan fingerprint density at radius 1 is 1.30 bits per heavy atom. The summed E-state index contributed by atoms with van der Waals surface area (Å²) in [6.07, 6.45) is 0.172. The first-order chi connectivity index (χ1) is 10.9. The Morgan fingerprint density at radius 3 is 2.52 bits per heavy atom. The maximum atomic E-state index is 12.3. The summed E-state index contributed by atoms with van der Waals surface area (Å²) in [6.45, 7) is 4.08. The van der Waals surface area contributed by atoms with Gasteiger partial charge in [-0.05, 0) is 19.9 Å². The van der Waals surface area contributed by atoms with Crippen molar-refractivity contribution in [2.45, 2.75) is 26.3 Å². The zero-order valence-electron chi connectivity index (χ0n) is 13.7. The lowest BCUT2D eigenvalue weighted by Gasteiger charge is -2.21. The van der Waals surface area contributed by atoms with Gasteiger partial charge >= 0.3 is 0 Å². The molecule has 0 spiro atoms. The summed E-state index contributed by atoms with van der Waals surface area (Å²) in [5.41, 5.74) is 0.545. The summed E-state index contributed by atoms with van der Waals surface area (Å²) in [6, 6.07) is 3.29. The summed E-state index contributed by atoms with van der Waals surface area (Å²) < 4.78 is 10.5. The third kappa shape index (κ3) is 3.69. The van der Waals surface area contributed by atoms with Crippen LogP contribution in [0.5, 0.6) is 11.5 Å². The largest absolute Gasteiger partial charge is 0.495 e. The first-order valence-electron chi connectivity index (χ1n) is 7.39. The molecule has 0 bridgehead atoms. The molecule has 6 nitrogen and oxygen atoms in total. The first-order valence-corrected chi connectivity index (χ1v) is 7.77. The van der Waals surface area contributed by atoms with Crippen LogP contribution in [0.4, 0.5) is 5.69 Å². The molecule has 1 aliphatic heterocycles. The second-order valence-electron chi connectivity index (χ2n) is 5.73. The Hall–Kier alpha value is -1.95. The first kappa shape index (κ1) is 17.4. The van der Waals surface area contributed by atoms with Gasteiger partial charge in [-0.1, -0.05) is 11.6 Å². The molecule has 0 radical (unpaired) electrons. The van der Waals surface area contributed by atoms with Crippen molar-refractivity contribution in [2.75, 3.05) is 25.7 Å². The van der Waals surface area contributed by atoms with Gasteiger partial charge in [0.1, 0.15) is 11.5 Å². The number of amides is 2. The third-order valence-corrected chi connectivity index (χ3v) is 3.97. The number of carbonyl (C=O) groups excluding carboxylic acids is 2. The van der Waals surface area contributed by atoms with E-state index in [0.717, 1.165) is 0 Å². The predicted octanol–water partition coefficient (Wildman–Crippen LogP) is 2.23. The molecule has 1 atom stereocenters. The Morgan fingerprint density at radius 2 is 1.96 bits per heavy atom. The van der Waals surface area contributed by atoms with E-state index in [4.69, 9.17) is 21.1 Å². The van der Waals surface area contributed by atoms with Gasteiger partial charge in [-0.25, -0.2) is 0 Å². The van der Waals surface area contributed by atoms with Gasteiger partial charge in [0.15, 0.2) is 0 Å². The third-order valence-electron chi connectivity index (χ3n) is 3.67. The van der Waals surface area contributed by atoms with E-state index in [1.165, 1.54) is 19.1 Å². The Labute approximate surface area is 140 Å². The van der Waals surface area contributed by atoms with Crippen LogP contribution in [0.25, 0.3) is 0 Å². The number of hydrogen-bond acceptors (Lipinski definition) is 4. The molecular weight excluding hydrogens is 320 g/mol. The average molecular weight is 341 g/mol. The lowest BCUT2D eigenvalue weighted by molar-refractivity contribution is -0.126. The van der Waals surface area contributed by atoms with Crippen LogP contribution in [0.2, 0.25) is 5.02 Å². The fourth-order valence-corrected chi connectivity index (χ4v) is 2.81. The molecule has 1 saturated heterocycles. The van der Waals surface area contributed by atoms with Crippen molar-refractivity contribution in [1.29, 1.82) is 0 Å². The smallest absolute Gasteiger partial charge is 0.227 e. The SMILES string of the molecule is COc1cc(OC)c(N2C[C@H](C(=O)NC(C)C)CC2=O)cc1Cl. The minimum Gasteiger partial charge on any atom is -0.495 e. The van der Waals surface area contributed by atoms with E-state index in [0.29, 0.717) is 28.8 Å². The number of hydrogen-bond donors (Lipinski definition) is 1. The second-order valence-corrected chi connectivity index (χ2v) is 6.13. The zero-order chi connectivity index (χ0) is 17.1. The van der Waals surface area contributed by atoms with E-state index in [-0.39, 0.29) is 30.2 Å². The fourth-order valence-electron chi connectivity index (χ4n) is 2.57. The number of anilines is 1. The molecule has 2 rings (SSSR count). The molecule has 0 unspecified atom stereocenters. The highest BCUT2D eigenvalue weighted by Gasteiger charge is 2.36. The van der Waals surface area contributed by atoms with Gasteiger partial charge in [0.25, 0.3) is 0 Å². The normalized spacial score (nSPS) is 17.6. The van der Waals surface area contributed by atoms with Gasteiger partial charge in [-0.15, -0.1) is 0 Å². The highest BCUT2D eigenvalue weighted by Crippen LogP contribution is 2.40. The van der Waals surface area contributed by atoms with E-state index in [1.54, 1.807) is 12.1 Å². The summed E-state index contributed by atoms with van der Waals surface area (Å²) in [5, 5.41) is 3.22. The minimum atomic E-state index is -0.379. The number of nitrogens with zero attached hydrogens (tertiary/aromatic N) is 1. The average Bonchev–Trinajstić information content (AvgIpc) is 2.88. The fraction of sp³-hybridized carbons (Fsp3) is 0.500. The van der Waals surface area contributed by atoms with Crippen LogP contribution in [0, 0.1) is 5.92 Å². The molecule has 0 aliphatic carbocycles. The van der Waals surface area contributed by atoms with Gasteiger partial charge in [0.05, 0.1) is 30.8 Å². The van der Waals surface area contributed by atoms with Crippen LogP contribution < -0.4 is 19.7 Å². The molecule has 126 valence electrons. The molecular formula is C16H21ClN2O4. The molecule has 1 aromatic carbocycles. The van der Waals surface area contributed by atoms with Crippen LogP contribution in [0.1, 0.15) is 20.3 Å². The Balaban J connectivity index is 2.27. The monoisotopic (exact) mass is 340 g/mol. The van der Waals surface area contributed by atoms with Crippen molar-refractivity contribution < 1.29 is 19.1 Å². The number of carbonyl (C=O) groups is 2. The number of halogens is 1. The predicted molar refractivity (Wildman–Crippen MR) is 88.3 cm³/mol. The van der Waals surface area contributed by atoms with Crippen molar-refractivity contribution in [1.82, 2.24) is 5.32 Å². The highest BCUT2D eigenvalue weighted by molar-refractivity contribution is 6.32. The molecule has 23 heavy (non-hydrogen) atoms. The van der Waals surface area contributed by atoms with Crippen molar-refractivity contribution >= 4 is 29.1 Å². The Bertz CT molecular complexity index is 618.